The van der Waals surface area contributed by atoms with Gasteiger partial charge in [0, 0.05) is 12.8 Å². The van der Waals surface area contributed by atoms with E-state index in [0.29, 0.717) is 23.9 Å². The van der Waals surface area contributed by atoms with E-state index in [0.717, 1.165) is 103 Å². The Labute approximate surface area is 378 Å². The molecule has 0 spiro atoms. The quantitative estimate of drug-likeness (QED) is 0.0197. The number of carbonyl (C=O) groups excluding carboxylic acids is 2. The number of ether oxygens (including phenoxy) is 2. The van der Waals surface area contributed by atoms with E-state index in [1.165, 1.54) is 0 Å². The third-order valence-electron chi connectivity index (χ3n) is 8.98. The van der Waals surface area contributed by atoms with Crippen molar-refractivity contribution in [2.45, 2.75) is 148 Å². The second-order valence-corrected chi connectivity index (χ2v) is 17.4. The van der Waals surface area contributed by atoms with Gasteiger partial charge in [-0.25, -0.2) is 0 Å². The summed E-state index contributed by atoms with van der Waals surface area (Å²) in [7, 11) is 1.10. The number of phosphoric ester groups is 1. The molecule has 0 aliphatic heterocycles. The van der Waals surface area contributed by atoms with Gasteiger partial charge in [-0.05, 0) is 103 Å². The molecule has 2 unspecified atom stereocenters. The molecule has 62 heavy (non-hydrogen) atoms. The Morgan fingerprint density at radius 2 is 0.871 bits per heavy atom. The highest BCUT2D eigenvalue weighted by Crippen LogP contribution is 2.38. The zero-order valence-electron chi connectivity index (χ0n) is 39.3. The Kier molecular flexibility index (Phi) is 40.2. The van der Waals surface area contributed by atoms with Crippen molar-refractivity contribution < 1.29 is 42.1 Å². The summed E-state index contributed by atoms with van der Waals surface area (Å²) >= 11 is 0. The SMILES string of the molecule is CC/C=C\C/C=C\C/C=C\C/C=C\C/C=C\C/C=C\C/C=C\CCCCCC(=O)OC(COC(=O)CCCCC/C=C\C/C=C\C/C=C\CC)COP(=O)([O-])OCC[N+](C)(C)C. The number of likely N-dealkylation sites (N-methyl/N-ethyl adjacent to an activating group) is 1. The molecule has 0 aromatic carbocycles. The Morgan fingerprint density at radius 3 is 1.26 bits per heavy atom. The van der Waals surface area contributed by atoms with E-state index in [1.807, 2.05) is 21.1 Å². The first-order valence-electron chi connectivity index (χ1n) is 23.2. The van der Waals surface area contributed by atoms with Crippen LogP contribution in [0.1, 0.15) is 142 Å². The van der Waals surface area contributed by atoms with Crippen molar-refractivity contribution in [1.29, 1.82) is 0 Å². The van der Waals surface area contributed by atoms with E-state index in [1.54, 1.807) is 0 Å². The average Bonchev–Trinajstić information content (AvgIpc) is 3.23. The molecule has 9 nitrogen and oxygen atoms in total. The molecule has 0 N–H and O–H groups in total. The molecule has 0 aliphatic rings. The number of quaternary nitrogens is 1. The molecule has 0 fully saturated rings. The van der Waals surface area contributed by atoms with Crippen molar-refractivity contribution in [1.82, 2.24) is 0 Å². The van der Waals surface area contributed by atoms with Crippen LogP contribution in [0.5, 0.6) is 0 Å². The predicted octanol–water partition coefficient (Wildman–Crippen LogP) is 13.1. The van der Waals surface area contributed by atoms with Gasteiger partial charge in [0.2, 0.25) is 0 Å². The van der Waals surface area contributed by atoms with Gasteiger partial charge in [-0.15, -0.1) is 0 Å². The zero-order chi connectivity index (χ0) is 45.7. The highest BCUT2D eigenvalue weighted by Gasteiger charge is 2.21. The molecule has 0 amide bonds. The van der Waals surface area contributed by atoms with Crippen LogP contribution in [0.3, 0.4) is 0 Å². The fourth-order valence-corrected chi connectivity index (χ4v) is 6.14. The fourth-order valence-electron chi connectivity index (χ4n) is 5.41. The number of hydrogen-bond acceptors (Lipinski definition) is 8. The number of rotatable bonds is 40. The highest BCUT2D eigenvalue weighted by molar-refractivity contribution is 7.45. The van der Waals surface area contributed by atoms with E-state index in [4.69, 9.17) is 18.5 Å². The van der Waals surface area contributed by atoms with Gasteiger partial charge in [0.1, 0.15) is 19.8 Å². The maximum absolute atomic E-state index is 12.7. The first-order valence-corrected chi connectivity index (χ1v) is 24.7. The third kappa shape index (κ3) is 45.9. The number of hydrogen-bond donors (Lipinski definition) is 0. The van der Waals surface area contributed by atoms with Crippen molar-refractivity contribution in [2.24, 2.45) is 0 Å². The first-order chi connectivity index (χ1) is 30.0. The summed E-state index contributed by atoms with van der Waals surface area (Å²) in [5.74, 6) is -0.923. The number of phosphoric acid groups is 1. The Morgan fingerprint density at radius 1 is 0.500 bits per heavy atom. The van der Waals surface area contributed by atoms with Crippen LogP contribution >= 0.6 is 7.82 Å². The monoisotopic (exact) mass is 882 g/mol. The number of esters is 2. The number of nitrogens with zero attached hydrogens (tertiary/aromatic N) is 1. The van der Waals surface area contributed by atoms with E-state index in [2.05, 4.69) is 135 Å². The van der Waals surface area contributed by atoms with Crippen molar-refractivity contribution in [3.05, 3.63) is 122 Å². The zero-order valence-corrected chi connectivity index (χ0v) is 40.1. The smallest absolute Gasteiger partial charge is 0.306 e. The summed E-state index contributed by atoms with van der Waals surface area (Å²) in [5, 5.41) is 0. The minimum Gasteiger partial charge on any atom is -0.756 e. The van der Waals surface area contributed by atoms with Crippen molar-refractivity contribution in [2.75, 3.05) is 47.5 Å². The van der Waals surface area contributed by atoms with E-state index < -0.39 is 32.5 Å². The van der Waals surface area contributed by atoms with Crippen LogP contribution in [0.4, 0.5) is 0 Å². The topological polar surface area (TPSA) is 111 Å². The minimum atomic E-state index is -4.65. The summed E-state index contributed by atoms with van der Waals surface area (Å²) in [6.45, 7) is 3.88. The van der Waals surface area contributed by atoms with Gasteiger partial charge >= 0.3 is 11.9 Å². The summed E-state index contributed by atoms with van der Waals surface area (Å²) in [5.41, 5.74) is 0. The lowest BCUT2D eigenvalue weighted by molar-refractivity contribution is -0.870. The fraction of sp³-hybridized carbons (Fsp3) is 0.577. The van der Waals surface area contributed by atoms with Gasteiger partial charge in [-0.2, -0.15) is 0 Å². The van der Waals surface area contributed by atoms with Crippen LogP contribution in [0.2, 0.25) is 0 Å². The number of allylic oxidation sites excluding steroid dienone is 20. The van der Waals surface area contributed by atoms with Gasteiger partial charge in [-0.1, -0.05) is 148 Å². The lowest BCUT2D eigenvalue weighted by Crippen LogP contribution is -2.37. The van der Waals surface area contributed by atoms with E-state index in [9.17, 15) is 19.0 Å². The highest BCUT2D eigenvalue weighted by atomic mass is 31.2. The van der Waals surface area contributed by atoms with Crippen LogP contribution < -0.4 is 4.89 Å². The molecule has 0 saturated heterocycles. The third-order valence-corrected chi connectivity index (χ3v) is 9.94. The lowest BCUT2D eigenvalue weighted by Gasteiger charge is -2.28. The summed E-state index contributed by atoms with van der Waals surface area (Å²) in [6, 6.07) is 0. The second-order valence-electron chi connectivity index (χ2n) is 16.0. The molecular formula is C52H84NO8P. The summed E-state index contributed by atoms with van der Waals surface area (Å²) in [6.07, 6.45) is 59.5. The molecule has 0 aromatic rings. The second kappa shape index (κ2) is 42.7. The van der Waals surface area contributed by atoms with Gasteiger partial charge in [0.05, 0.1) is 27.7 Å². The Bertz CT molecular complexity index is 1460. The normalized spacial score (nSPS) is 14.6. The molecule has 350 valence electrons. The van der Waals surface area contributed by atoms with Crippen molar-refractivity contribution in [3.8, 4) is 0 Å². The molecule has 0 bridgehead atoms. The predicted molar refractivity (Wildman–Crippen MR) is 258 cm³/mol. The van der Waals surface area contributed by atoms with Gasteiger partial charge in [0.25, 0.3) is 7.82 Å². The molecule has 0 saturated carbocycles. The Balaban J connectivity index is 4.43. The van der Waals surface area contributed by atoms with Crippen molar-refractivity contribution >= 4 is 19.8 Å². The Hall–Kier alpha value is -3.59. The van der Waals surface area contributed by atoms with Gasteiger partial charge in [-0.3, -0.25) is 14.2 Å². The summed E-state index contributed by atoms with van der Waals surface area (Å²) in [4.78, 5) is 37.6. The van der Waals surface area contributed by atoms with E-state index >= 15 is 0 Å². The van der Waals surface area contributed by atoms with Crippen LogP contribution in [-0.4, -0.2) is 70.0 Å². The molecule has 2 atom stereocenters. The molecule has 0 aliphatic carbocycles. The molecule has 0 rings (SSSR count). The molecular weight excluding hydrogens is 798 g/mol. The maximum Gasteiger partial charge on any atom is 0.306 e. The van der Waals surface area contributed by atoms with Gasteiger partial charge < -0.3 is 27.9 Å². The largest absolute Gasteiger partial charge is 0.756 e. The maximum atomic E-state index is 12.7. The van der Waals surface area contributed by atoms with Gasteiger partial charge in [0.15, 0.2) is 6.10 Å². The molecule has 10 heteroatoms. The molecule has 0 heterocycles. The standard InChI is InChI=1S/C52H84NO8P/c1-6-8-10-12-14-16-18-20-21-22-23-24-25-26-27-28-29-30-31-33-35-37-39-41-43-45-52(55)61-50(49-60-62(56,57)59-47-46-53(3,4)5)48-58-51(54)44-42-40-38-36-34-32-19-17-15-13-11-9-7-2/h8-11,14-17,20-21,23-24,26-27,29-30,32-35,50H,6-7,12-13,18-19,22,25,28,31,36-49H2,1-5H3/b10-8-,11-9-,16-14-,17-15-,21-20-,24-23-,27-26-,30-29-,34-32-,35-33-. The molecule has 0 radical (unpaired) electrons. The van der Waals surface area contributed by atoms with Crippen LogP contribution in [0.25, 0.3) is 0 Å². The minimum absolute atomic E-state index is 0.0504. The van der Waals surface area contributed by atoms with E-state index in [-0.39, 0.29) is 26.1 Å². The average molecular weight is 882 g/mol. The first kappa shape index (κ1) is 58.4. The number of unbranched alkanes of at least 4 members (excludes halogenated alkanes) is 6. The summed E-state index contributed by atoms with van der Waals surface area (Å²) < 4.78 is 33.8. The van der Waals surface area contributed by atoms with Crippen LogP contribution in [0.15, 0.2) is 122 Å². The molecule has 0 aromatic heterocycles. The number of carbonyl (C=O) groups is 2. The van der Waals surface area contributed by atoms with Crippen LogP contribution in [0, 0.1) is 0 Å². The lowest BCUT2D eigenvalue weighted by atomic mass is 10.1. The van der Waals surface area contributed by atoms with Crippen LogP contribution in [-0.2, 0) is 32.7 Å². The van der Waals surface area contributed by atoms with Crippen molar-refractivity contribution in [3.63, 3.8) is 0 Å².